The molecule has 0 saturated carbocycles. The lowest BCUT2D eigenvalue weighted by molar-refractivity contribution is -0.123. The fourth-order valence-electron chi connectivity index (χ4n) is 5.14. The monoisotopic (exact) mass is 506 g/mol. The van der Waals surface area contributed by atoms with Gasteiger partial charge in [-0.05, 0) is 74.6 Å². The fourth-order valence-corrected chi connectivity index (χ4v) is 5.38. The van der Waals surface area contributed by atoms with Crippen LogP contribution in [0.3, 0.4) is 0 Å². The van der Waals surface area contributed by atoms with Gasteiger partial charge in [0.25, 0.3) is 0 Å². The average Bonchev–Trinajstić information content (AvgIpc) is 2.83. The van der Waals surface area contributed by atoms with Crippen molar-refractivity contribution in [3.05, 3.63) is 82.9 Å². The van der Waals surface area contributed by atoms with E-state index in [1.54, 1.807) is 4.90 Å². The number of carbonyl (C=O) groups is 2. The molecular weight excluding hydrogens is 472 g/mol. The number of halogens is 1. The van der Waals surface area contributed by atoms with Gasteiger partial charge in [0.15, 0.2) is 0 Å². The number of carbonyl (C=O) groups excluding carboxylic acids is 2. The molecule has 0 spiro atoms. The smallest absolute Gasteiger partial charge is 0.410 e. The molecule has 1 aliphatic heterocycles. The van der Waals surface area contributed by atoms with Crippen molar-refractivity contribution < 1.29 is 14.3 Å². The van der Waals surface area contributed by atoms with Crippen LogP contribution in [-0.2, 0) is 14.9 Å². The van der Waals surface area contributed by atoms with Gasteiger partial charge < -0.3 is 15.0 Å². The molecule has 4 rings (SSSR count). The summed E-state index contributed by atoms with van der Waals surface area (Å²) in [5, 5.41) is 6.01. The van der Waals surface area contributed by atoms with Crippen LogP contribution in [0.5, 0.6) is 0 Å². The minimum absolute atomic E-state index is 0.0128. The Labute approximate surface area is 218 Å². The quantitative estimate of drug-likeness (QED) is 0.404. The molecule has 1 saturated heterocycles. The third-order valence-corrected chi connectivity index (χ3v) is 7.18. The fraction of sp³-hybridized carbons (Fsp3) is 0.400. The molecule has 0 radical (unpaired) electrons. The first-order chi connectivity index (χ1) is 17.1. The van der Waals surface area contributed by atoms with E-state index in [1.807, 2.05) is 76.2 Å². The topological polar surface area (TPSA) is 58.6 Å². The van der Waals surface area contributed by atoms with E-state index in [2.05, 4.69) is 23.5 Å². The van der Waals surface area contributed by atoms with Crippen LogP contribution < -0.4 is 5.32 Å². The van der Waals surface area contributed by atoms with Crippen molar-refractivity contribution in [3.8, 4) is 0 Å². The number of hydrogen-bond donors (Lipinski definition) is 1. The second kappa shape index (κ2) is 10.5. The van der Waals surface area contributed by atoms with E-state index in [-0.39, 0.29) is 23.5 Å². The maximum atomic E-state index is 13.4. The predicted molar refractivity (Wildman–Crippen MR) is 145 cm³/mol. The largest absolute Gasteiger partial charge is 0.444 e. The van der Waals surface area contributed by atoms with Crippen molar-refractivity contribution in [1.29, 1.82) is 0 Å². The molecule has 2 amide bonds. The first-order valence-corrected chi connectivity index (χ1v) is 13.0. The summed E-state index contributed by atoms with van der Waals surface area (Å²) in [5.74, 6) is -0.0128. The Kier molecular flexibility index (Phi) is 7.60. The highest BCUT2D eigenvalue weighted by Crippen LogP contribution is 2.39. The van der Waals surface area contributed by atoms with Gasteiger partial charge in [-0.2, -0.15) is 0 Å². The van der Waals surface area contributed by atoms with Crippen LogP contribution in [0.2, 0.25) is 5.02 Å². The molecule has 36 heavy (non-hydrogen) atoms. The zero-order chi connectivity index (χ0) is 25.9. The van der Waals surface area contributed by atoms with Gasteiger partial charge in [0.05, 0.1) is 6.04 Å². The number of benzene rings is 3. The molecule has 1 N–H and O–H groups in total. The van der Waals surface area contributed by atoms with Gasteiger partial charge in [-0.25, -0.2) is 4.79 Å². The molecule has 1 fully saturated rings. The van der Waals surface area contributed by atoms with Crippen molar-refractivity contribution in [2.75, 3.05) is 13.1 Å². The summed E-state index contributed by atoms with van der Waals surface area (Å²) in [6.45, 7) is 8.71. The highest BCUT2D eigenvalue weighted by atomic mass is 35.5. The molecule has 3 aromatic rings. The third kappa shape index (κ3) is 6.01. The zero-order valence-corrected chi connectivity index (χ0v) is 22.3. The van der Waals surface area contributed by atoms with Crippen LogP contribution in [0.1, 0.15) is 64.1 Å². The number of amides is 2. The van der Waals surface area contributed by atoms with E-state index in [0.29, 0.717) is 37.4 Å². The van der Waals surface area contributed by atoms with Crippen molar-refractivity contribution >= 4 is 34.4 Å². The number of piperidine rings is 1. The summed E-state index contributed by atoms with van der Waals surface area (Å²) in [4.78, 5) is 27.8. The second-order valence-corrected chi connectivity index (χ2v) is 11.2. The summed E-state index contributed by atoms with van der Waals surface area (Å²) in [7, 11) is 0. The molecule has 1 aliphatic rings. The first-order valence-electron chi connectivity index (χ1n) is 12.6. The Morgan fingerprint density at radius 3 is 2.33 bits per heavy atom. The summed E-state index contributed by atoms with van der Waals surface area (Å²) in [5.41, 5.74) is 1.25. The molecule has 190 valence electrons. The molecule has 5 nitrogen and oxygen atoms in total. The summed E-state index contributed by atoms with van der Waals surface area (Å²) in [6, 6.07) is 21.9. The lowest BCUT2D eigenvalue weighted by Crippen LogP contribution is -2.48. The normalized spacial score (nSPS) is 16.4. The predicted octanol–water partition coefficient (Wildman–Crippen LogP) is 7.03. The van der Waals surface area contributed by atoms with Gasteiger partial charge in [-0.1, -0.05) is 66.2 Å². The van der Waals surface area contributed by atoms with E-state index in [1.165, 1.54) is 0 Å². The number of hydrogen-bond acceptors (Lipinski definition) is 3. The number of rotatable bonds is 5. The van der Waals surface area contributed by atoms with E-state index in [0.717, 1.165) is 21.9 Å². The highest BCUT2D eigenvalue weighted by molar-refractivity contribution is 6.31. The Bertz CT molecular complexity index is 1230. The lowest BCUT2D eigenvalue weighted by Gasteiger charge is -2.42. The minimum Gasteiger partial charge on any atom is -0.444 e. The molecule has 1 atom stereocenters. The van der Waals surface area contributed by atoms with Gasteiger partial charge in [0, 0.05) is 29.9 Å². The number of nitrogens with one attached hydrogen (secondary N) is 1. The van der Waals surface area contributed by atoms with Crippen LogP contribution in [-0.4, -0.2) is 35.6 Å². The SMILES string of the molecule is CC(NC(=O)CC1(c2ccccc2)CCN(C(=O)OC(C)(C)C)CC1)c1cc(Cl)cc2ccccc12. The highest BCUT2D eigenvalue weighted by Gasteiger charge is 2.40. The number of ether oxygens (including phenoxy) is 1. The number of nitrogens with zero attached hydrogens (tertiary/aromatic N) is 1. The molecule has 0 aromatic heterocycles. The van der Waals surface area contributed by atoms with E-state index >= 15 is 0 Å². The van der Waals surface area contributed by atoms with Gasteiger partial charge in [-0.3, -0.25) is 4.79 Å². The van der Waals surface area contributed by atoms with Crippen LogP contribution in [0.25, 0.3) is 10.8 Å². The van der Waals surface area contributed by atoms with Crippen LogP contribution in [0.4, 0.5) is 4.79 Å². The van der Waals surface area contributed by atoms with E-state index < -0.39 is 5.60 Å². The van der Waals surface area contributed by atoms with Gasteiger partial charge in [0.2, 0.25) is 5.91 Å². The maximum absolute atomic E-state index is 13.4. The lowest BCUT2D eigenvalue weighted by atomic mass is 9.70. The van der Waals surface area contributed by atoms with Gasteiger partial charge >= 0.3 is 6.09 Å². The molecule has 1 heterocycles. The zero-order valence-electron chi connectivity index (χ0n) is 21.5. The van der Waals surface area contributed by atoms with Crippen LogP contribution in [0.15, 0.2) is 66.7 Å². The molecule has 0 bridgehead atoms. The Hall–Kier alpha value is -3.05. The third-order valence-electron chi connectivity index (χ3n) is 6.96. The second-order valence-electron chi connectivity index (χ2n) is 10.8. The average molecular weight is 507 g/mol. The molecular formula is C30H35ClN2O3. The Balaban J connectivity index is 1.51. The van der Waals surface area contributed by atoms with E-state index in [9.17, 15) is 9.59 Å². The molecule has 3 aromatic carbocycles. The van der Waals surface area contributed by atoms with Crippen molar-refractivity contribution in [2.24, 2.45) is 0 Å². The molecule has 1 unspecified atom stereocenters. The Morgan fingerprint density at radius 1 is 1.03 bits per heavy atom. The minimum atomic E-state index is -0.536. The number of likely N-dealkylation sites (tertiary alicyclic amines) is 1. The number of fused-ring (bicyclic) bond motifs is 1. The molecule has 0 aliphatic carbocycles. The van der Waals surface area contributed by atoms with Crippen molar-refractivity contribution in [1.82, 2.24) is 10.2 Å². The van der Waals surface area contributed by atoms with Gasteiger partial charge in [0.1, 0.15) is 5.60 Å². The van der Waals surface area contributed by atoms with Gasteiger partial charge in [-0.15, -0.1) is 0 Å². The molecule has 6 heteroatoms. The summed E-state index contributed by atoms with van der Waals surface area (Å²) in [6.07, 6.45) is 1.44. The Morgan fingerprint density at radius 2 is 1.67 bits per heavy atom. The maximum Gasteiger partial charge on any atom is 0.410 e. The van der Waals surface area contributed by atoms with Crippen LogP contribution >= 0.6 is 11.6 Å². The standard InChI is InChI=1S/C30H35ClN2O3/c1-21(26-19-24(31)18-22-10-8-9-13-25(22)26)32-27(34)20-30(23-11-6-5-7-12-23)14-16-33(17-15-30)28(35)36-29(2,3)4/h5-13,18-19,21H,14-17,20H2,1-4H3,(H,32,34). The van der Waals surface area contributed by atoms with Crippen molar-refractivity contribution in [3.63, 3.8) is 0 Å². The van der Waals surface area contributed by atoms with E-state index in [4.69, 9.17) is 16.3 Å². The van der Waals surface area contributed by atoms with Crippen molar-refractivity contribution in [2.45, 2.75) is 64.0 Å². The van der Waals surface area contributed by atoms with Crippen LogP contribution in [0, 0.1) is 0 Å². The first kappa shape index (κ1) is 26.0. The summed E-state index contributed by atoms with van der Waals surface area (Å²) < 4.78 is 5.58. The summed E-state index contributed by atoms with van der Waals surface area (Å²) >= 11 is 6.39.